The largest absolute Gasteiger partial charge is 0.457 e. The first-order valence-corrected chi connectivity index (χ1v) is 8.14. The third kappa shape index (κ3) is 4.85. The maximum atomic E-state index is 5.89. The Morgan fingerprint density at radius 1 is 0.875 bits per heavy atom. The molecular formula is C23H24O. The Labute approximate surface area is 145 Å². The van der Waals surface area contributed by atoms with Gasteiger partial charge in [-0.05, 0) is 44.0 Å². The summed E-state index contributed by atoms with van der Waals surface area (Å²) in [5, 5.41) is 0. The average molecular weight is 316 g/mol. The maximum Gasteiger partial charge on any atom is 0.127 e. The van der Waals surface area contributed by atoms with E-state index in [1.54, 1.807) is 0 Å². The number of rotatable bonds is 6. The van der Waals surface area contributed by atoms with Crippen molar-refractivity contribution in [3.63, 3.8) is 0 Å². The Kier molecular flexibility index (Phi) is 6.39. The van der Waals surface area contributed by atoms with Gasteiger partial charge in [0.05, 0.1) is 0 Å². The number of hydrogen-bond acceptors (Lipinski definition) is 1. The summed E-state index contributed by atoms with van der Waals surface area (Å²) >= 11 is 0. The maximum absolute atomic E-state index is 5.89. The van der Waals surface area contributed by atoms with Crippen LogP contribution in [0.2, 0.25) is 0 Å². The zero-order valence-corrected chi connectivity index (χ0v) is 14.6. The Balaban J connectivity index is 2.13. The van der Waals surface area contributed by atoms with Crippen LogP contribution in [0.25, 0.3) is 11.1 Å². The fraction of sp³-hybridized carbons (Fsp3) is 0.130. The van der Waals surface area contributed by atoms with Crippen LogP contribution in [0.1, 0.15) is 19.4 Å². The number of allylic oxidation sites excluding steroid dienone is 5. The number of hydrogen-bond donors (Lipinski definition) is 0. The molecule has 2 rings (SSSR count). The molecule has 0 unspecified atom stereocenters. The summed E-state index contributed by atoms with van der Waals surface area (Å²) in [6.07, 6.45) is 9.91. The molecule has 0 spiro atoms. The quantitative estimate of drug-likeness (QED) is 0.429. The standard InChI is InChI=1S/C23H24O/c1-5-7-9-20(8-6-2)19(4)24-23-16-14-22(15-17-23)21-12-10-18(3)11-13-21/h5-17H,4H2,1-3H3/b7-5+,8-6-,20-9+. The van der Waals surface area contributed by atoms with Gasteiger partial charge in [0.2, 0.25) is 0 Å². The molecule has 0 radical (unpaired) electrons. The molecule has 0 aliphatic heterocycles. The molecule has 0 atom stereocenters. The van der Waals surface area contributed by atoms with Crippen LogP contribution in [-0.4, -0.2) is 0 Å². The van der Waals surface area contributed by atoms with E-state index < -0.39 is 0 Å². The van der Waals surface area contributed by atoms with Crippen LogP contribution in [0.15, 0.2) is 96.8 Å². The number of aryl methyl sites for hydroxylation is 1. The summed E-state index contributed by atoms with van der Waals surface area (Å²) in [7, 11) is 0. The van der Waals surface area contributed by atoms with Crippen LogP contribution < -0.4 is 4.74 Å². The van der Waals surface area contributed by atoms with E-state index in [2.05, 4.69) is 49.9 Å². The third-order valence-corrected chi connectivity index (χ3v) is 3.62. The van der Waals surface area contributed by atoms with Crippen molar-refractivity contribution < 1.29 is 4.74 Å². The zero-order chi connectivity index (χ0) is 17.4. The van der Waals surface area contributed by atoms with Crippen molar-refractivity contribution in [1.82, 2.24) is 0 Å². The van der Waals surface area contributed by atoms with Crippen LogP contribution in [0.3, 0.4) is 0 Å². The van der Waals surface area contributed by atoms with E-state index in [9.17, 15) is 0 Å². The van der Waals surface area contributed by atoms with E-state index >= 15 is 0 Å². The molecule has 0 amide bonds. The van der Waals surface area contributed by atoms with E-state index in [0.717, 1.165) is 11.3 Å². The molecule has 0 aromatic heterocycles. The van der Waals surface area contributed by atoms with Gasteiger partial charge in [-0.3, -0.25) is 0 Å². The second-order valence-corrected chi connectivity index (χ2v) is 5.56. The highest BCUT2D eigenvalue weighted by Crippen LogP contribution is 2.24. The van der Waals surface area contributed by atoms with Gasteiger partial charge < -0.3 is 4.74 Å². The summed E-state index contributed by atoms with van der Waals surface area (Å²) in [6, 6.07) is 16.6. The molecule has 0 fully saturated rings. The van der Waals surface area contributed by atoms with Crippen LogP contribution in [0.5, 0.6) is 5.75 Å². The fourth-order valence-corrected chi connectivity index (χ4v) is 2.28. The molecule has 0 aliphatic rings. The minimum Gasteiger partial charge on any atom is -0.457 e. The van der Waals surface area contributed by atoms with Gasteiger partial charge >= 0.3 is 0 Å². The Morgan fingerprint density at radius 3 is 2.00 bits per heavy atom. The van der Waals surface area contributed by atoms with E-state index in [1.807, 2.05) is 56.4 Å². The lowest BCUT2D eigenvalue weighted by atomic mass is 10.0. The van der Waals surface area contributed by atoms with Crippen LogP contribution in [0, 0.1) is 6.92 Å². The molecule has 0 aliphatic carbocycles. The molecule has 0 bridgehead atoms. The molecule has 0 heterocycles. The van der Waals surface area contributed by atoms with Crippen LogP contribution >= 0.6 is 0 Å². The molecule has 122 valence electrons. The minimum atomic E-state index is 0.634. The van der Waals surface area contributed by atoms with Crippen molar-refractivity contribution in [2.24, 2.45) is 0 Å². The van der Waals surface area contributed by atoms with Crippen LogP contribution in [0.4, 0.5) is 0 Å². The minimum absolute atomic E-state index is 0.634. The van der Waals surface area contributed by atoms with Gasteiger partial charge in [0.15, 0.2) is 0 Å². The second kappa shape index (κ2) is 8.73. The fourth-order valence-electron chi connectivity index (χ4n) is 2.28. The topological polar surface area (TPSA) is 9.23 Å². The summed E-state index contributed by atoms with van der Waals surface area (Å²) in [4.78, 5) is 0. The molecule has 1 heteroatoms. The number of benzene rings is 2. The molecule has 2 aromatic carbocycles. The summed E-state index contributed by atoms with van der Waals surface area (Å²) < 4.78 is 5.89. The average Bonchev–Trinajstić information content (AvgIpc) is 2.60. The summed E-state index contributed by atoms with van der Waals surface area (Å²) in [5.74, 6) is 1.42. The van der Waals surface area contributed by atoms with Gasteiger partial charge in [0, 0.05) is 5.57 Å². The lowest BCUT2D eigenvalue weighted by Gasteiger charge is -2.10. The van der Waals surface area contributed by atoms with Gasteiger partial charge in [0.1, 0.15) is 11.5 Å². The highest BCUT2D eigenvalue weighted by molar-refractivity contribution is 5.64. The smallest absolute Gasteiger partial charge is 0.127 e. The molecule has 0 N–H and O–H groups in total. The molecule has 24 heavy (non-hydrogen) atoms. The predicted octanol–water partition coefficient (Wildman–Crippen LogP) is 6.63. The van der Waals surface area contributed by atoms with E-state index in [4.69, 9.17) is 4.74 Å². The van der Waals surface area contributed by atoms with Crippen molar-refractivity contribution in [2.45, 2.75) is 20.8 Å². The van der Waals surface area contributed by atoms with Crippen molar-refractivity contribution in [1.29, 1.82) is 0 Å². The lowest BCUT2D eigenvalue weighted by molar-refractivity contribution is 0.441. The zero-order valence-electron chi connectivity index (χ0n) is 14.6. The van der Waals surface area contributed by atoms with Gasteiger partial charge in [-0.15, -0.1) is 0 Å². The van der Waals surface area contributed by atoms with Gasteiger partial charge in [-0.1, -0.05) is 78.9 Å². The first-order chi connectivity index (χ1) is 11.6. The second-order valence-electron chi connectivity index (χ2n) is 5.56. The summed E-state index contributed by atoms with van der Waals surface area (Å²) in [5.41, 5.74) is 4.59. The first-order valence-electron chi connectivity index (χ1n) is 8.14. The summed E-state index contributed by atoms with van der Waals surface area (Å²) in [6.45, 7) is 10.1. The van der Waals surface area contributed by atoms with Crippen molar-refractivity contribution >= 4 is 0 Å². The first kappa shape index (κ1) is 17.6. The van der Waals surface area contributed by atoms with E-state index in [0.29, 0.717) is 5.76 Å². The van der Waals surface area contributed by atoms with Crippen molar-refractivity contribution in [2.75, 3.05) is 0 Å². The molecule has 1 nitrogen and oxygen atoms in total. The number of ether oxygens (including phenoxy) is 1. The molecule has 0 saturated carbocycles. The SMILES string of the molecule is C=C(Oc1ccc(-c2ccc(C)cc2)cc1)C(/C=C\C)=C/C=C/C. The monoisotopic (exact) mass is 316 g/mol. The van der Waals surface area contributed by atoms with Crippen LogP contribution in [-0.2, 0) is 0 Å². The molecular weight excluding hydrogens is 292 g/mol. The Bertz CT molecular complexity index is 757. The lowest BCUT2D eigenvalue weighted by Crippen LogP contribution is -1.96. The Morgan fingerprint density at radius 2 is 1.46 bits per heavy atom. The van der Waals surface area contributed by atoms with Gasteiger partial charge in [0.25, 0.3) is 0 Å². The van der Waals surface area contributed by atoms with E-state index in [-0.39, 0.29) is 0 Å². The normalized spacial score (nSPS) is 12.0. The Hall–Kier alpha value is -2.80. The van der Waals surface area contributed by atoms with E-state index in [1.165, 1.54) is 16.7 Å². The highest BCUT2D eigenvalue weighted by Gasteiger charge is 2.03. The predicted molar refractivity (Wildman–Crippen MR) is 104 cm³/mol. The van der Waals surface area contributed by atoms with Gasteiger partial charge in [-0.2, -0.15) is 0 Å². The van der Waals surface area contributed by atoms with Crippen molar-refractivity contribution in [3.05, 3.63) is 102 Å². The highest BCUT2D eigenvalue weighted by atomic mass is 16.5. The molecule has 0 saturated heterocycles. The van der Waals surface area contributed by atoms with Gasteiger partial charge in [-0.25, -0.2) is 0 Å². The third-order valence-electron chi connectivity index (χ3n) is 3.62. The van der Waals surface area contributed by atoms with Crippen molar-refractivity contribution in [3.8, 4) is 16.9 Å². The molecule has 2 aromatic rings.